The van der Waals surface area contributed by atoms with Gasteiger partial charge in [-0.3, -0.25) is 0 Å². The van der Waals surface area contributed by atoms with Gasteiger partial charge in [0.15, 0.2) is 0 Å². The topological polar surface area (TPSA) is 29.5 Å². The third-order valence-corrected chi connectivity index (χ3v) is 2.68. The van der Waals surface area contributed by atoms with E-state index in [-0.39, 0.29) is 0 Å². The van der Waals surface area contributed by atoms with E-state index in [0.29, 0.717) is 18.8 Å². The van der Waals surface area contributed by atoms with Gasteiger partial charge < -0.3 is 9.84 Å². The van der Waals surface area contributed by atoms with Gasteiger partial charge >= 0.3 is 0 Å². The van der Waals surface area contributed by atoms with Gasteiger partial charge in [-0.05, 0) is 18.6 Å². The molecule has 2 heteroatoms. The van der Waals surface area contributed by atoms with Crippen LogP contribution in [0.1, 0.15) is 18.9 Å². The van der Waals surface area contributed by atoms with Crippen molar-refractivity contribution in [3.05, 3.63) is 59.9 Å². The lowest BCUT2D eigenvalue weighted by Crippen LogP contribution is -2.28. The maximum atomic E-state index is 9.47. The van der Waals surface area contributed by atoms with Crippen molar-refractivity contribution in [1.29, 1.82) is 0 Å². The van der Waals surface area contributed by atoms with Gasteiger partial charge in [0.05, 0.1) is 18.0 Å². The van der Waals surface area contributed by atoms with Crippen LogP contribution in [-0.4, -0.2) is 10.7 Å². The van der Waals surface area contributed by atoms with Crippen molar-refractivity contribution in [2.45, 2.75) is 25.6 Å². The second-order valence-electron chi connectivity index (χ2n) is 4.28. The third-order valence-electron chi connectivity index (χ3n) is 2.68. The molecule has 1 N–H and O–H groups in total. The molecule has 0 aromatic heterocycles. The summed E-state index contributed by atoms with van der Waals surface area (Å²) in [5.74, 6) is 0.373. The second kappa shape index (κ2) is 4.54. The number of allylic oxidation sites excluding steroid dienone is 2. The minimum Gasteiger partial charge on any atom is -0.512 e. The number of aliphatic hydroxyl groups excluding tert-OH is 1. The lowest BCUT2D eigenvalue weighted by Gasteiger charge is -2.28. The predicted molar refractivity (Wildman–Crippen MR) is 64.1 cm³/mol. The molecule has 0 saturated heterocycles. The van der Waals surface area contributed by atoms with Crippen LogP contribution in [0.5, 0.6) is 0 Å². The fourth-order valence-electron chi connectivity index (χ4n) is 1.76. The molecule has 2 nitrogen and oxygen atoms in total. The molecular formula is C14H16O2. The number of benzene rings is 1. The lowest BCUT2D eigenvalue weighted by atomic mass is 9.96. The molecule has 0 amide bonds. The Bertz CT molecular complexity index is 406. The molecule has 0 bridgehead atoms. The van der Waals surface area contributed by atoms with E-state index in [1.165, 1.54) is 0 Å². The number of ether oxygens (including phenoxy) is 1. The van der Waals surface area contributed by atoms with E-state index < -0.39 is 5.60 Å². The molecule has 84 valence electrons. The van der Waals surface area contributed by atoms with Crippen LogP contribution in [0, 0.1) is 0 Å². The molecule has 0 fully saturated rings. The van der Waals surface area contributed by atoms with Gasteiger partial charge in [-0.1, -0.05) is 42.5 Å². The maximum Gasteiger partial charge on any atom is 0.0954 e. The van der Waals surface area contributed by atoms with Crippen molar-refractivity contribution < 1.29 is 9.84 Å². The minimum atomic E-state index is -0.394. The van der Waals surface area contributed by atoms with Crippen molar-refractivity contribution in [1.82, 2.24) is 0 Å². The molecule has 1 aromatic rings. The Morgan fingerprint density at radius 2 is 2.06 bits per heavy atom. The van der Waals surface area contributed by atoms with Gasteiger partial charge in [-0.25, -0.2) is 0 Å². The zero-order valence-electron chi connectivity index (χ0n) is 9.39. The molecule has 1 unspecified atom stereocenters. The maximum absolute atomic E-state index is 9.47. The first kappa shape index (κ1) is 11.0. The molecule has 0 spiro atoms. The molecule has 0 heterocycles. The highest BCUT2D eigenvalue weighted by molar-refractivity contribution is 5.21. The van der Waals surface area contributed by atoms with Crippen LogP contribution in [0.4, 0.5) is 0 Å². The van der Waals surface area contributed by atoms with E-state index in [1.807, 2.05) is 49.4 Å². The minimum absolute atomic E-state index is 0.373. The van der Waals surface area contributed by atoms with Crippen LogP contribution < -0.4 is 0 Å². The molecule has 1 aliphatic carbocycles. The van der Waals surface area contributed by atoms with Crippen molar-refractivity contribution in [2.24, 2.45) is 0 Å². The van der Waals surface area contributed by atoms with Crippen LogP contribution in [0.3, 0.4) is 0 Å². The van der Waals surface area contributed by atoms with E-state index in [9.17, 15) is 5.11 Å². The highest BCUT2D eigenvalue weighted by Crippen LogP contribution is 2.26. The fourth-order valence-corrected chi connectivity index (χ4v) is 1.76. The van der Waals surface area contributed by atoms with Crippen molar-refractivity contribution in [2.75, 3.05) is 0 Å². The fraction of sp³-hybridized carbons (Fsp3) is 0.286. The molecule has 0 aliphatic heterocycles. The van der Waals surface area contributed by atoms with Crippen LogP contribution in [-0.2, 0) is 11.3 Å². The summed E-state index contributed by atoms with van der Waals surface area (Å²) in [7, 11) is 0. The Labute approximate surface area is 95.9 Å². The molecule has 16 heavy (non-hydrogen) atoms. The molecule has 1 aromatic carbocycles. The van der Waals surface area contributed by atoms with Gasteiger partial charge in [0.1, 0.15) is 0 Å². The number of rotatable bonds is 3. The summed E-state index contributed by atoms with van der Waals surface area (Å²) in [6.07, 6.45) is 6.06. The monoisotopic (exact) mass is 216 g/mol. The first-order chi connectivity index (χ1) is 7.68. The highest BCUT2D eigenvalue weighted by Gasteiger charge is 2.25. The van der Waals surface area contributed by atoms with Crippen LogP contribution in [0.2, 0.25) is 0 Å². The third kappa shape index (κ3) is 2.74. The van der Waals surface area contributed by atoms with Gasteiger partial charge in [0.25, 0.3) is 0 Å². The summed E-state index contributed by atoms with van der Waals surface area (Å²) in [6, 6.07) is 10.0. The first-order valence-corrected chi connectivity index (χ1v) is 5.43. The lowest BCUT2D eigenvalue weighted by molar-refractivity contribution is -0.0134. The summed E-state index contributed by atoms with van der Waals surface area (Å²) in [4.78, 5) is 0. The van der Waals surface area contributed by atoms with E-state index in [4.69, 9.17) is 4.74 Å². The van der Waals surface area contributed by atoms with Crippen LogP contribution in [0.15, 0.2) is 54.3 Å². The molecular weight excluding hydrogens is 200 g/mol. The van der Waals surface area contributed by atoms with Crippen LogP contribution >= 0.6 is 0 Å². The summed E-state index contributed by atoms with van der Waals surface area (Å²) in [6.45, 7) is 2.55. The van der Waals surface area contributed by atoms with E-state index in [2.05, 4.69) is 0 Å². The number of hydrogen-bond donors (Lipinski definition) is 1. The van der Waals surface area contributed by atoms with Gasteiger partial charge in [-0.15, -0.1) is 0 Å². The molecule has 1 atom stereocenters. The predicted octanol–water partition coefficient (Wildman–Crippen LogP) is 3.36. The molecule has 0 saturated carbocycles. The smallest absolute Gasteiger partial charge is 0.0954 e. The highest BCUT2D eigenvalue weighted by atomic mass is 16.5. The molecule has 0 radical (unpaired) electrons. The van der Waals surface area contributed by atoms with Crippen molar-refractivity contribution in [3.63, 3.8) is 0 Å². The number of hydrogen-bond acceptors (Lipinski definition) is 2. The number of aliphatic hydroxyl groups is 1. The Hall–Kier alpha value is -1.54. The van der Waals surface area contributed by atoms with E-state index in [1.54, 1.807) is 6.08 Å². The van der Waals surface area contributed by atoms with E-state index in [0.717, 1.165) is 5.56 Å². The Kier molecular flexibility index (Phi) is 3.11. The van der Waals surface area contributed by atoms with Gasteiger partial charge in [-0.2, -0.15) is 0 Å². The summed E-state index contributed by atoms with van der Waals surface area (Å²) >= 11 is 0. The van der Waals surface area contributed by atoms with Crippen molar-refractivity contribution >= 4 is 0 Å². The van der Waals surface area contributed by atoms with Gasteiger partial charge in [0.2, 0.25) is 0 Å². The normalized spacial score (nSPS) is 24.2. The summed E-state index contributed by atoms with van der Waals surface area (Å²) in [5.41, 5.74) is 0.750. The zero-order chi connectivity index (χ0) is 11.4. The quantitative estimate of drug-likeness (QED) is 0.839. The van der Waals surface area contributed by atoms with Crippen molar-refractivity contribution in [3.8, 4) is 0 Å². The largest absolute Gasteiger partial charge is 0.512 e. The zero-order valence-corrected chi connectivity index (χ0v) is 9.39. The summed E-state index contributed by atoms with van der Waals surface area (Å²) in [5, 5.41) is 9.47. The Morgan fingerprint density at radius 1 is 1.31 bits per heavy atom. The Balaban J connectivity index is 1.96. The van der Waals surface area contributed by atoms with E-state index >= 15 is 0 Å². The standard InChI is InChI=1S/C14H16O2/c1-14(9-5-8-13(15)10-14)16-11-12-6-3-2-4-7-12/h2-9,15H,10-11H2,1H3. The Morgan fingerprint density at radius 3 is 2.75 bits per heavy atom. The summed E-state index contributed by atoms with van der Waals surface area (Å²) < 4.78 is 5.84. The second-order valence-corrected chi connectivity index (χ2v) is 4.28. The van der Waals surface area contributed by atoms with Gasteiger partial charge in [0, 0.05) is 6.42 Å². The van der Waals surface area contributed by atoms with Crippen LogP contribution in [0.25, 0.3) is 0 Å². The SMILES string of the molecule is CC1(OCc2ccccc2)C=CC=C(O)C1. The molecule has 1 aliphatic rings. The average Bonchev–Trinajstić information content (AvgIpc) is 2.28. The average molecular weight is 216 g/mol. The molecule has 2 rings (SSSR count). The first-order valence-electron chi connectivity index (χ1n) is 5.43.